The van der Waals surface area contributed by atoms with E-state index >= 15 is 0 Å². The summed E-state index contributed by atoms with van der Waals surface area (Å²) in [6.07, 6.45) is 6.29. The Morgan fingerprint density at radius 1 is 1.33 bits per heavy atom. The van der Waals surface area contributed by atoms with E-state index in [9.17, 15) is 4.79 Å². The topological polar surface area (TPSA) is 58.4 Å². The second-order valence-electron chi connectivity index (χ2n) is 4.69. The van der Waals surface area contributed by atoms with Crippen molar-refractivity contribution in [2.24, 2.45) is 5.73 Å². The van der Waals surface area contributed by atoms with Crippen molar-refractivity contribution in [2.75, 3.05) is 19.6 Å². The first kappa shape index (κ1) is 10.9. The van der Waals surface area contributed by atoms with E-state index in [1.165, 1.54) is 32.2 Å². The van der Waals surface area contributed by atoms with Crippen LogP contribution in [0.5, 0.6) is 0 Å². The zero-order chi connectivity index (χ0) is 10.7. The first-order valence-electron chi connectivity index (χ1n) is 6.03. The minimum absolute atomic E-state index is 0.0161. The number of nitrogens with two attached hydrogens (primary N) is 1. The molecule has 0 aromatic carbocycles. The molecule has 2 aliphatic rings. The Hall–Kier alpha value is -0.610. The Morgan fingerprint density at radius 2 is 2.13 bits per heavy atom. The Morgan fingerprint density at radius 3 is 2.80 bits per heavy atom. The summed E-state index contributed by atoms with van der Waals surface area (Å²) in [5.41, 5.74) is 5.31. The lowest BCUT2D eigenvalue weighted by Crippen LogP contribution is -2.45. The molecule has 4 nitrogen and oxygen atoms in total. The summed E-state index contributed by atoms with van der Waals surface area (Å²) in [6.45, 7) is 2.34. The summed E-state index contributed by atoms with van der Waals surface area (Å²) in [6, 6.07) is 1.13. The second-order valence-corrected chi connectivity index (χ2v) is 4.69. The average Bonchev–Trinajstić information content (AvgIpc) is 3.03. The highest BCUT2D eigenvalue weighted by molar-refractivity contribution is 5.78. The maximum atomic E-state index is 11.2. The van der Waals surface area contributed by atoms with Crippen molar-refractivity contribution in [3.63, 3.8) is 0 Å². The number of amides is 1. The van der Waals surface area contributed by atoms with Crippen molar-refractivity contribution >= 4 is 5.91 Å². The van der Waals surface area contributed by atoms with Crippen molar-refractivity contribution < 1.29 is 4.79 Å². The molecule has 0 aromatic rings. The third-order valence-corrected chi connectivity index (χ3v) is 3.32. The van der Waals surface area contributed by atoms with E-state index in [4.69, 9.17) is 5.73 Å². The fraction of sp³-hybridized carbons (Fsp3) is 0.909. The number of carbonyl (C=O) groups excluding carboxylic acids is 1. The molecule has 4 heteroatoms. The number of carbonyl (C=O) groups is 1. The van der Waals surface area contributed by atoms with Gasteiger partial charge in [-0.3, -0.25) is 9.69 Å². The van der Waals surface area contributed by atoms with Gasteiger partial charge in [-0.05, 0) is 32.2 Å². The van der Waals surface area contributed by atoms with Crippen molar-refractivity contribution in [1.82, 2.24) is 10.2 Å². The van der Waals surface area contributed by atoms with Gasteiger partial charge in [0.25, 0.3) is 0 Å². The standard InChI is InChI=1S/C11H21N3O/c12-7-11(15)13-9-3-1-2-6-14(8-9)10-4-5-10/h9-10H,1-8,12H2,(H,13,15). The molecule has 1 amide bonds. The van der Waals surface area contributed by atoms with Crippen LogP contribution >= 0.6 is 0 Å². The molecule has 15 heavy (non-hydrogen) atoms. The highest BCUT2D eigenvalue weighted by Crippen LogP contribution is 2.28. The van der Waals surface area contributed by atoms with Crippen molar-refractivity contribution in [1.29, 1.82) is 0 Å². The summed E-state index contributed by atoms with van der Waals surface area (Å²) in [5, 5.41) is 3.02. The molecule has 1 saturated heterocycles. The van der Waals surface area contributed by atoms with Crippen LogP contribution in [0, 0.1) is 0 Å². The number of nitrogens with one attached hydrogen (secondary N) is 1. The molecule has 1 heterocycles. The van der Waals surface area contributed by atoms with E-state index in [2.05, 4.69) is 10.2 Å². The van der Waals surface area contributed by atoms with E-state index < -0.39 is 0 Å². The van der Waals surface area contributed by atoms with E-state index in [-0.39, 0.29) is 12.5 Å². The lowest BCUT2D eigenvalue weighted by molar-refractivity contribution is -0.120. The monoisotopic (exact) mass is 211 g/mol. The molecular formula is C11H21N3O. The van der Waals surface area contributed by atoms with Gasteiger partial charge in [0, 0.05) is 18.6 Å². The SMILES string of the molecule is NCC(=O)NC1CCCCN(C2CC2)C1. The van der Waals surface area contributed by atoms with Gasteiger partial charge in [0.2, 0.25) is 5.91 Å². The Labute approximate surface area is 91.2 Å². The maximum absolute atomic E-state index is 11.2. The van der Waals surface area contributed by atoms with Crippen molar-refractivity contribution in [3.8, 4) is 0 Å². The Bertz CT molecular complexity index is 228. The predicted octanol–water partition coefficient (Wildman–Crippen LogP) is 0.0782. The molecule has 1 aliphatic heterocycles. The van der Waals surface area contributed by atoms with Crippen LogP contribution in [-0.4, -0.2) is 42.5 Å². The highest BCUT2D eigenvalue weighted by atomic mass is 16.1. The van der Waals surface area contributed by atoms with Crippen molar-refractivity contribution in [2.45, 2.75) is 44.2 Å². The fourth-order valence-corrected chi connectivity index (χ4v) is 2.35. The molecule has 0 spiro atoms. The summed E-state index contributed by atoms with van der Waals surface area (Å²) in [4.78, 5) is 13.8. The molecule has 0 aromatic heterocycles. The van der Waals surface area contributed by atoms with Gasteiger partial charge in [0.05, 0.1) is 6.54 Å². The van der Waals surface area contributed by atoms with Gasteiger partial charge in [-0.2, -0.15) is 0 Å². The molecule has 2 rings (SSSR count). The smallest absolute Gasteiger partial charge is 0.233 e. The molecule has 3 N–H and O–H groups in total. The van der Waals surface area contributed by atoms with Gasteiger partial charge < -0.3 is 11.1 Å². The zero-order valence-electron chi connectivity index (χ0n) is 9.24. The second kappa shape index (κ2) is 4.94. The summed E-state index contributed by atoms with van der Waals surface area (Å²) in [5.74, 6) is -0.0161. The molecule has 1 unspecified atom stereocenters. The predicted molar refractivity (Wildman–Crippen MR) is 59.4 cm³/mol. The molecular weight excluding hydrogens is 190 g/mol. The molecule has 1 aliphatic carbocycles. The van der Waals surface area contributed by atoms with Crippen LogP contribution in [0.1, 0.15) is 32.1 Å². The van der Waals surface area contributed by atoms with E-state index in [1.807, 2.05) is 0 Å². The number of rotatable bonds is 3. The number of hydrogen-bond donors (Lipinski definition) is 2. The fourth-order valence-electron chi connectivity index (χ4n) is 2.35. The molecule has 1 saturated carbocycles. The normalized spacial score (nSPS) is 28.5. The van der Waals surface area contributed by atoms with Gasteiger partial charge in [-0.1, -0.05) is 6.42 Å². The number of nitrogens with zero attached hydrogens (tertiary/aromatic N) is 1. The largest absolute Gasteiger partial charge is 0.351 e. The van der Waals surface area contributed by atoms with Gasteiger partial charge in [-0.15, -0.1) is 0 Å². The molecule has 86 valence electrons. The van der Waals surface area contributed by atoms with Crippen LogP contribution in [-0.2, 0) is 4.79 Å². The van der Waals surface area contributed by atoms with Gasteiger partial charge in [-0.25, -0.2) is 0 Å². The van der Waals surface area contributed by atoms with E-state index in [0.29, 0.717) is 6.04 Å². The van der Waals surface area contributed by atoms with Crippen LogP contribution in [0.15, 0.2) is 0 Å². The van der Waals surface area contributed by atoms with Gasteiger partial charge >= 0.3 is 0 Å². The summed E-state index contributed by atoms with van der Waals surface area (Å²) >= 11 is 0. The molecule has 0 radical (unpaired) electrons. The lowest BCUT2D eigenvalue weighted by atomic mass is 10.1. The number of likely N-dealkylation sites (tertiary alicyclic amines) is 1. The minimum atomic E-state index is -0.0161. The molecule has 1 atom stereocenters. The minimum Gasteiger partial charge on any atom is -0.351 e. The third-order valence-electron chi connectivity index (χ3n) is 3.32. The Kier molecular flexibility index (Phi) is 3.59. The van der Waals surface area contributed by atoms with Gasteiger partial charge in [0.15, 0.2) is 0 Å². The average molecular weight is 211 g/mol. The quantitative estimate of drug-likeness (QED) is 0.695. The first-order chi connectivity index (χ1) is 7.29. The first-order valence-corrected chi connectivity index (χ1v) is 6.03. The van der Waals surface area contributed by atoms with Crippen LogP contribution in [0.25, 0.3) is 0 Å². The van der Waals surface area contributed by atoms with Gasteiger partial charge in [0.1, 0.15) is 0 Å². The summed E-state index contributed by atoms with van der Waals surface area (Å²) in [7, 11) is 0. The highest BCUT2D eigenvalue weighted by Gasteiger charge is 2.31. The zero-order valence-corrected chi connectivity index (χ0v) is 9.24. The maximum Gasteiger partial charge on any atom is 0.233 e. The lowest BCUT2D eigenvalue weighted by Gasteiger charge is -2.24. The number of hydrogen-bond acceptors (Lipinski definition) is 3. The molecule has 2 fully saturated rings. The van der Waals surface area contributed by atoms with Crippen LogP contribution < -0.4 is 11.1 Å². The Balaban J connectivity index is 1.83. The third kappa shape index (κ3) is 3.18. The van der Waals surface area contributed by atoms with E-state index in [1.54, 1.807) is 0 Å². The van der Waals surface area contributed by atoms with E-state index in [0.717, 1.165) is 19.0 Å². The molecule has 0 bridgehead atoms. The summed E-state index contributed by atoms with van der Waals surface area (Å²) < 4.78 is 0. The van der Waals surface area contributed by atoms with Crippen molar-refractivity contribution in [3.05, 3.63) is 0 Å². The van der Waals surface area contributed by atoms with Crippen LogP contribution in [0.4, 0.5) is 0 Å². The van der Waals surface area contributed by atoms with Crippen LogP contribution in [0.3, 0.4) is 0 Å². The van der Waals surface area contributed by atoms with Crippen LogP contribution in [0.2, 0.25) is 0 Å².